The van der Waals surface area contributed by atoms with Crippen LogP contribution in [0.3, 0.4) is 0 Å². The summed E-state index contributed by atoms with van der Waals surface area (Å²) in [5, 5.41) is 12.5. The first-order chi connectivity index (χ1) is 12.0. The maximum absolute atomic E-state index is 12.6. The van der Waals surface area contributed by atoms with Crippen molar-refractivity contribution in [1.29, 1.82) is 0 Å². The molecule has 0 radical (unpaired) electrons. The Morgan fingerprint density at radius 3 is 2.84 bits per heavy atom. The molecule has 0 saturated heterocycles. The van der Waals surface area contributed by atoms with E-state index in [1.54, 1.807) is 7.11 Å². The van der Waals surface area contributed by atoms with E-state index in [0.29, 0.717) is 23.9 Å². The van der Waals surface area contributed by atoms with Gasteiger partial charge < -0.3 is 15.4 Å². The minimum atomic E-state index is -0.689. The number of methoxy groups -OCH3 is 1. The van der Waals surface area contributed by atoms with Crippen LogP contribution in [-0.2, 0) is 16.0 Å². The van der Waals surface area contributed by atoms with Crippen LogP contribution in [0.4, 0.5) is 5.82 Å². The number of hydrogen-bond acceptors (Lipinski definition) is 4. The third-order valence-corrected chi connectivity index (χ3v) is 4.13. The fraction of sp³-hybridized carbons (Fsp3) is 0.389. The fourth-order valence-electron chi connectivity index (χ4n) is 2.71. The number of rotatable bonds is 7. The highest BCUT2D eigenvalue weighted by molar-refractivity contribution is 5.96. The molecule has 1 aliphatic rings. The van der Waals surface area contributed by atoms with Crippen molar-refractivity contribution >= 4 is 17.6 Å². The molecule has 7 nitrogen and oxygen atoms in total. The zero-order valence-electron chi connectivity index (χ0n) is 14.3. The zero-order valence-corrected chi connectivity index (χ0v) is 14.3. The molecule has 0 bridgehead atoms. The second-order valence-electron chi connectivity index (χ2n) is 6.28. The predicted octanol–water partition coefficient (Wildman–Crippen LogP) is 1.98. The van der Waals surface area contributed by atoms with Gasteiger partial charge in [-0.1, -0.05) is 12.1 Å². The van der Waals surface area contributed by atoms with Crippen molar-refractivity contribution in [3.63, 3.8) is 0 Å². The normalized spacial score (nSPS) is 14.6. The van der Waals surface area contributed by atoms with Gasteiger partial charge in [0.25, 0.3) is 0 Å². The Morgan fingerprint density at radius 1 is 1.36 bits per heavy atom. The molecular formula is C18H22N4O3. The van der Waals surface area contributed by atoms with Gasteiger partial charge in [0.2, 0.25) is 11.8 Å². The van der Waals surface area contributed by atoms with Gasteiger partial charge >= 0.3 is 0 Å². The number of aromatic amines is 1. The van der Waals surface area contributed by atoms with Crippen molar-refractivity contribution < 1.29 is 14.3 Å². The van der Waals surface area contributed by atoms with Gasteiger partial charge in [0, 0.05) is 31.0 Å². The van der Waals surface area contributed by atoms with E-state index in [1.807, 2.05) is 30.3 Å². The number of nitrogens with zero attached hydrogens (tertiary/aromatic N) is 1. The van der Waals surface area contributed by atoms with E-state index in [1.165, 1.54) is 6.92 Å². The van der Waals surface area contributed by atoms with Gasteiger partial charge in [-0.15, -0.1) is 0 Å². The van der Waals surface area contributed by atoms with Crippen LogP contribution in [0.15, 0.2) is 30.3 Å². The average Bonchev–Trinajstić information content (AvgIpc) is 3.34. The van der Waals surface area contributed by atoms with E-state index >= 15 is 0 Å². The molecule has 1 aliphatic carbocycles. The van der Waals surface area contributed by atoms with Gasteiger partial charge in [-0.3, -0.25) is 14.7 Å². The molecule has 7 heteroatoms. The van der Waals surface area contributed by atoms with Crippen molar-refractivity contribution in [3.05, 3.63) is 41.6 Å². The molecule has 132 valence electrons. The van der Waals surface area contributed by atoms with Crippen molar-refractivity contribution in [2.75, 3.05) is 12.4 Å². The van der Waals surface area contributed by atoms with E-state index in [0.717, 1.165) is 24.1 Å². The zero-order chi connectivity index (χ0) is 17.8. The summed E-state index contributed by atoms with van der Waals surface area (Å²) in [6.45, 7) is 1.39. The number of aromatic nitrogens is 2. The lowest BCUT2D eigenvalue weighted by molar-refractivity contribution is -0.125. The molecule has 2 aromatic rings. The number of carbonyl (C=O) groups excluding carboxylic acids is 2. The minimum absolute atomic E-state index is 0.260. The molecule has 25 heavy (non-hydrogen) atoms. The summed E-state index contributed by atoms with van der Waals surface area (Å²) >= 11 is 0. The smallest absolute Gasteiger partial charge is 0.248 e. The number of benzene rings is 1. The Kier molecular flexibility index (Phi) is 5.02. The third kappa shape index (κ3) is 4.59. The number of ether oxygens (including phenoxy) is 1. The molecule has 3 N–H and O–H groups in total. The van der Waals surface area contributed by atoms with Gasteiger partial charge in [0.15, 0.2) is 5.82 Å². The average molecular weight is 342 g/mol. The van der Waals surface area contributed by atoms with Gasteiger partial charge in [0.1, 0.15) is 11.8 Å². The van der Waals surface area contributed by atoms with Gasteiger partial charge in [-0.2, -0.15) is 5.10 Å². The predicted molar refractivity (Wildman–Crippen MR) is 93.5 cm³/mol. The Balaban J connectivity index is 1.69. The molecule has 0 aliphatic heterocycles. The maximum atomic E-state index is 12.6. The first-order valence-corrected chi connectivity index (χ1v) is 8.31. The number of H-pyrrole nitrogens is 1. The van der Waals surface area contributed by atoms with E-state index < -0.39 is 6.04 Å². The molecule has 3 rings (SSSR count). The van der Waals surface area contributed by atoms with Crippen LogP contribution in [0.1, 0.15) is 36.9 Å². The first kappa shape index (κ1) is 17.0. The highest BCUT2D eigenvalue weighted by Gasteiger charge is 2.26. The molecule has 1 fully saturated rings. The van der Waals surface area contributed by atoms with E-state index in [-0.39, 0.29) is 11.8 Å². The van der Waals surface area contributed by atoms with Crippen molar-refractivity contribution in [3.8, 4) is 5.75 Å². The lowest BCUT2D eigenvalue weighted by Crippen LogP contribution is -2.44. The van der Waals surface area contributed by atoms with Crippen LogP contribution in [0.2, 0.25) is 0 Å². The summed E-state index contributed by atoms with van der Waals surface area (Å²) < 4.78 is 5.20. The van der Waals surface area contributed by atoms with Crippen LogP contribution in [-0.4, -0.2) is 35.2 Å². The highest BCUT2D eigenvalue weighted by Crippen LogP contribution is 2.39. The summed E-state index contributed by atoms with van der Waals surface area (Å²) in [5.41, 5.74) is 1.94. The van der Waals surface area contributed by atoms with Crippen LogP contribution in [0.5, 0.6) is 5.75 Å². The number of carbonyl (C=O) groups is 2. The summed E-state index contributed by atoms with van der Waals surface area (Å²) in [4.78, 5) is 24.1. The van der Waals surface area contributed by atoms with Gasteiger partial charge in [-0.05, 0) is 30.5 Å². The quantitative estimate of drug-likeness (QED) is 0.717. The second kappa shape index (κ2) is 7.38. The van der Waals surface area contributed by atoms with E-state index in [4.69, 9.17) is 4.74 Å². The molecule has 1 saturated carbocycles. The van der Waals surface area contributed by atoms with Gasteiger partial charge in [-0.25, -0.2) is 0 Å². The summed E-state index contributed by atoms with van der Waals surface area (Å²) in [5.74, 6) is 1.16. The topological polar surface area (TPSA) is 96.1 Å². The minimum Gasteiger partial charge on any atom is -0.497 e. The van der Waals surface area contributed by atoms with E-state index in [9.17, 15) is 9.59 Å². The molecule has 1 atom stereocenters. The Labute approximate surface area is 146 Å². The number of hydrogen-bond donors (Lipinski definition) is 3. The lowest BCUT2D eigenvalue weighted by atomic mass is 10.0. The highest BCUT2D eigenvalue weighted by atomic mass is 16.5. The summed E-state index contributed by atoms with van der Waals surface area (Å²) in [6.07, 6.45) is 2.67. The van der Waals surface area contributed by atoms with Crippen molar-refractivity contribution in [2.24, 2.45) is 0 Å². The maximum Gasteiger partial charge on any atom is 0.248 e. The first-order valence-electron chi connectivity index (χ1n) is 8.31. The standard InChI is InChI=1S/C18H22N4O3/c1-11(23)19-16(9-12-4-3-5-14(8-12)25-2)18(24)20-17-10-15(21-22-17)13-6-7-13/h3-5,8,10,13,16H,6-7,9H2,1-2H3,(H,19,23)(H2,20,21,22,24). The monoisotopic (exact) mass is 342 g/mol. The molecule has 2 amide bonds. The molecule has 1 aromatic carbocycles. The molecule has 0 spiro atoms. The Morgan fingerprint density at radius 2 is 2.16 bits per heavy atom. The Hall–Kier alpha value is -2.83. The van der Waals surface area contributed by atoms with Crippen LogP contribution in [0, 0.1) is 0 Å². The van der Waals surface area contributed by atoms with Crippen LogP contribution in [0.25, 0.3) is 0 Å². The Bertz CT molecular complexity index is 767. The van der Waals surface area contributed by atoms with Gasteiger partial charge in [0.05, 0.1) is 7.11 Å². The number of anilines is 1. The van der Waals surface area contributed by atoms with E-state index in [2.05, 4.69) is 20.8 Å². The van der Waals surface area contributed by atoms with Crippen molar-refractivity contribution in [1.82, 2.24) is 15.5 Å². The lowest BCUT2D eigenvalue weighted by Gasteiger charge is -2.17. The summed E-state index contributed by atoms with van der Waals surface area (Å²) in [7, 11) is 1.59. The molecule has 1 aromatic heterocycles. The molecule has 1 heterocycles. The largest absolute Gasteiger partial charge is 0.497 e. The van der Waals surface area contributed by atoms with Crippen LogP contribution >= 0.6 is 0 Å². The summed E-state index contributed by atoms with van der Waals surface area (Å²) in [6, 6.07) is 8.59. The molecular weight excluding hydrogens is 320 g/mol. The third-order valence-electron chi connectivity index (χ3n) is 4.13. The number of nitrogens with one attached hydrogen (secondary N) is 3. The molecule has 1 unspecified atom stereocenters. The number of amides is 2. The second-order valence-corrected chi connectivity index (χ2v) is 6.28. The van der Waals surface area contributed by atoms with Crippen molar-refractivity contribution in [2.45, 2.75) is 38.1 Å². The van der Waals surface area contributed by atoms with Crippen LogP contribution < -0.4 is 15.4 Å². The SMILES string of the molecule is COc1cccc(CC(NC(C)=O)C(=O)Nc2cc(C3CC3)[nH]n2)c1. The fourth-order valence-corrected chi connectivity index (χ4v) is 2.71.